The molecule has 0 aromatic carbocycles. The van der Waals surface area contributed by atoms with Crippen molar-refractivity contribution in [3.05, 3.63) is 93.7 Å². The van der Waals surface area contributed by atoms with E-state index >= 15 is 0 Å². The molecule has 0 spiro atoms. The van der Waals surface area contributed by atoms with Gasteiger partial charge < -0.3 is 0 Å². The Morgan fingerprint density at radius 3 is 1.30 bits per heavy atom. The van der Waals surface area contributed by atoms with Gasteiger partial charge in [-0.3, -0.25) is 0 Å². The van der Waals surface area contributed by atoms with Crippen LogP contribution >= 0.6 is 0 Å². The van der Waals surface area contributed by atoms with Crippen LogP contribution in [0.5, 0.6) is 0 Å². The van der Waals surface area contributed by atoms with Crippen LogP contribution < -0.4 is 0 Å². The summed E-state index contributed by atoms with van der Waals surface area (Å²) in [5.41, 5.74) is 14.3. The summed E-state index contributed by atoms with van der Waals surface area (Å²) in [5, 5.41) is 0. The van der Waals surface area contributed by atoms with Gasteiger partial charge in [-0.05, 0) is 117 Å². The van der Waals surface area contributed by atoms with Crippen molar-refractivity contribution in [2.45, 2.75) is 207 Å². The third-order valence-corrected chi connectivity index (χ3v) is 12.0. The van der Waals surface area contributed by atoms with Crippen molar-refractivity contribution in [2.24, 2.45) is 20.0 Å². The van der Waals surface area contributed by atoms with E-state index in [9.17, 15) is 0 Å². The van der Waals surface area contributed by atoms with Crippen molar-refractivity contribution in [1.29, 1.82) is 0 Å². The van der Waals surface area contributed by atoms with Gasteiger partial charge in [0.15, 0.2) is 0 Å². The first kappa shape index (κ1) is 43.7. The molecule has 0 saturated heterocycles. The SMILES string of the molecule is CCCCCCCCC1=CC2=CC3=NC(=CC4=NC(=CC5=NC(=C(CCCCCCCC)C1=N2)C(CCCCCCCC)=C5CCCCCCCC)C=C4)C=C3. The molecule has 0 fully saturated rings. The van der Waals surface area contributed by atoms with Crippen molar-refractivity contribution >= 4 is 22.8 Å². The predicted molar refractivity (Wildman–Crippen MR) is 246 cm³/mol. The molecule has 0 unspecified atom stereocenters. The fraction of sp³-hybridized carbons (Fsp3) is 0.615. The molecule has 5 rings (SSSR count). The van der Waals surface area contributed by atoms with Crippen molar-refractivity contribution in [3.63, 3.8) is 0 Å². The zero-order valence-corrected chi connectivity index (χ0v) is 36.2. The molecule has 4 nitrogen and oxygen atoms in total. The Morgan fingerprint density at radius 2 is 0.768 bits per heavy atom. The van der Waals surface area contributed by atoms with E-state index in [1.807, 2.05) is 0 Å². The average Bonchev–Trinajstić information content (AvgIpc) is 4.00. The molecule has 5 heterocycles. The zero-order valence-electron chi connectivity index (χ0n) is 36.2. The highest BCUT2D eigenvalue weighted by atomic mass is 14.9. The molecule has 8 bridgehead atoms. The molecule has 0 saturated carbocycles. The van der Waals surface area contributed by atoms with Gasteiger partial charge in [-0.25, -0.2) is 20.0 Å². The lowest BCUT2D eigenvalue weighted by Gasteiger charge is -2.17. The van der Waals surface area contributed by atoms with E-state index < -0.39 is 0 Å². The van der Waals surface area contributed by atoms with E-state index in [-0.39, 0.29) is 0 Å². The number of nitrogens with zero attached hydrogens (tertiary/aromatic N) is 4. The Hall–Kier alpha value is -3.40. The topological polar surface area (TPSA) is 49.4 Å². The first-order valence-corrected chi connectivity index (χ1v) is 23.7. The Kier molecular flexibility index (Phi) is 19.6. The Morgan fingerprint density at radius 1 is 0.339 bits per heavy atom. The van der Waals surface area contributed by atoms with Crippen LogP contribution in [0.15, 0.2) is 114 Å². The molecule has 0 aromatic heterocycles. The van der Waals surface area contributed by atoms with E-state index in [1.165, 1.54) is 188 Å². The van der Waals surface area contributed by atoms with Gasteiger partial charge in [0.1, 0.15) is 0 Å². The Bertz CT molecular complexity index is 1670. The third kappa shape index (κ3) is 13.9. The van der Waals surface area contributed by atoms with E-state index in [1.54, 1.807) is 0 Å². The summed E-state index contributed by atoms with van der Waals surface area (Å²) in [6.45, 7) is 9.25. The highest BCUT2D eigenvalue weighted by Crippen LogP contribution is 2.40. The minimum Gasteiger partial charge on any atom is -0.249 e. The molecule has 5 aliphatic rings. The molecule has 0 radical (unpaired) electrons. The molecule has 0 aromatic rings. The number of aliphatic imine (C=N–C) groups is 4. The molecule has 0 aliphatic carbocycles. The summed E-state index contributed by atoms with van der Waals surface area (Å²) < 4.78 is 0. The molecular formula is C52H76N4. The molecule has 0 N–H and O–H groups in total. The van der Waals surface area contributed by atoms with Gasteiger partial charge >= 0.3 is 0 Å². The van der Waals surface area contributed by atoms with E-state index in [0.29, 0.717) is 0 Å². The van der Waals surface area contributed by atoms with Gasteiger partial charge in [0.05, 0.1) is 45.6 Å². The molecular weight excluding hydrogens is 681 g/mol. The lowest BCUT2D eigenvalue weighted by Crippen LogP contribution is -2.09. The first-order valence-electron chi connectivity index (χ1n) is 23.7. The number of unbranched alkanes of at least 4 members (excludes halogenated alkanes) is 20. The molecule has 56 heavy (non-hydrogen) atoms. The highest BCUT2D eigenvalue weighted by Gasteiger charge is 2.29. The van der Waals surface area contributed by atoms with E-state index in [0.717, 1.165) is 59.9 Å². The highest BCUT2D eigenvalue weighted by molar-refractivity contribution is 6.19. The van der Waals surface area contributed by atoms with Crippen molar-refractivity contribution in [3.8, 4) is 0 Å². The molecule has 4 heteroatoms. The predicted octanol–water partition coefficient (Wildman–Crippen LogP) is 16.1. The van der Waals surface area contributed by atoms with Crippen LogP contribution in [0, 0.1) is 0 Å². The second-order valence-corrected chi connectivity index (χ2v) is 16.9. The second-order valence-electron chi connectivity index (χ2n) is 16.9. The van der Waals surface area contributed by atoms with Crippen LogP contribution in [0.25, 0.3) is 0 Å². The molecule has 5 aliphatic heterocycles. The quantitative estimate of drug-likeness (QED) is 0.0714. The largest absolute Gasteiger partial charge is 0.249 e. The van der Waals surface area contributed by atoms with Crippen LogP contribution in [0.1, 0.15) is 207 Å². The molecule has 0 amide bonds. The Labute approximate surface area is 342 Å². The van der Waals surface area contributed by atoms with E-state index in [4.69, 9.17) is 20.0 Å². The fourth-order valence-electron chi connectivity index (χ4n) is 8.72. The summed E-state index contributed by atoms with van der Waals surface area (Å²) in [6, 6.07) is 0. The lowest BCUT2D eigenvalue weighted by molar-refractivity contribution is 0.600. The monoisotopic (exact) mass is 757 g/mol. The summed E-state index contributed by atoms with van der Waals surface area (Å²) >= 11 is 0. The van der Waals surface area contributed by atoms with Crippen LogP contribution in [-0.4, -0.2) is 22.8 Å². The fourth-order valence-corrected chi connectivity index (χ4v) is 8.72. The number of rotatable bonds is 28. The summed E-state index contributed by atoms with van der Waals surface area (Å²) in [5.74, 6) is 0. The maximum absolute atomic E-state index is 5.75. The van der Waals surface area contributed by atoms with Crippen LogP contribution in [0.2, 0.25) is 0 Å². The van der Waals surface area contributed by atoms with Crippen molar-refractivity contribution < 1.29 is 0 Å². The zero-order chi connectivity index (χ0) is 39.2. The second kappa shape index (κ2) is 25.1. The standard InChI is InChI=1S/C52H76N4/c1-5-9-13-17-21-25-29-41-37-46-39-44-34-33-42(53-44)38-43-35-36-45(54-43)40-50-47(30-26-22-18-14-10-6-2)48(31-27-23-19-15-11-7-3)52(56-50)49(51(41)55-46)32-28-24-20-16-12-8-4/h33-40H,5-32H2,1-4H3. The minimum atomic E-state index is 0.945. The Balaban J connectivity index is 1.59. The maximum atomic E-state index is 5.75. The molecule has 0 atom stereocenters. The smallest absolute Gasteiger partial charge is 0.0726 e. The summed E-state index contributed by atoms with van der Waals surface area (Å²) in [6.07, 6.45) is 53.0. The van der Waals surface area contributed by atoms with Crippen molar-refractivity contribution in [1.82, 2.24) is 0 Å². The van der Waals surface area contributed by atoms with Gasteiger partial charge in [0.25, 0.3) is 0 Å². The average molecular weight is 757 g/mol. The maximum Gasteiger partial charge on any atom is 0.0726 e. The van der Waals surface area contributed by atoms with Gasteiger partial charge in [-0.15, -0.1) is 0 Å². The van der Waals surface area contributed by atoms with Gasteiger partial charge in [-0.1, -0.05) is 156 Å². The van der Waals surface area contributed by atoms with Gasteiger partial charge in [0.2, 0.25) is 0 Å². The van der Waals surface area contributed by atoms with Crippen LogP contribution in [0.3, 0.4) is 0 Å². The van der Waals surface area contributed by atoms with Gasteiger partial charge in [-0.2, -0.15) is 0 Å². The van der Waals surface area contributed by atoms with E-state index in [2.05, 4.69) is 76.3 Å². The van der Waals surface area contributed by atoms with Crippen molar-refractivity contribution in [2.75, 3.05) is 0 Å². The number of hydrogen-bond acceptors (Lipinski definition) is 4. The van der Waals surface area contributed by atoms with Gasteiger partial charge in [0, 0.05) is 5.57 Å². The van der Waals surface area contributed by atoms with Crippen LogP contribution in [-0.2, 0) is 0 Å². The number of hydrogen-bond donors (Lipinski definition) is 0. The minimum absolute atomic E-state index is 0.945. The lowest BCUT2D eigenvalue weighted by atomic mass is 9.88. The first-order chi connectivity index (χ1) is 27.6. The summed E-state index contributed by atoms with van der Waals surface area (Å²) in [4.78, 5) is 21.4. The van der Waals surface area contributed by atoms with Crippen LogP contribution in [0.4, 0.5) is 0 Å². The number of allylic oxidation sites excluding steroid dienone is 12. The summed E-state index contributed by atoms with van der Waals surface area (Å²) in [7, 11) is 0. The number of fused-ring (bicyclic) bond motifs is 4. The molecule has 304 valence electrons. The normalized spacial score (nSPS) is 17.4. The third-order valence-electron chi connectivity index (χ3n) is 12.0.